The van der Waals surface area contributed by atoms with E-state index in [-0.39, 0.29) is 24.4 Å². The average molecular weight is 303 g/mol. The van der Waals surface area contributed by atoms with E-state index in [1.165, 1.54) is 18.4 Å². The van der Waals surface area contributed by atoms with Crippen molar-refractivity contribution in [3.8, 4) is 0 Å². The number of aromatic carboxylic acids is 1. The molecule has 116 valence electrons. The Morgan fingerprint density at radius 2 is 1.91 bits per heavy atom. The SMILES string of the molecule is CC(O)(CNC(=O)Cc1ccc(C(=O)O)cc1)c1ccco1. The molecular weight excluding hydrogens is 286 g/mol. The Balaban J connectivity index is 1.89. The summed E-state index contributed by atoms with van der Waals surface area (Å²) < 4.78 is 5.13. The van der Waals surface area contributed by atoms with Crippen LogP contribution in [0.1, 0.15) is 28.6 Å². The number of rotatable bonds is 6. The molecule has 1 aromatic carbocycles. The molecule has 1 heterocycles. The Hall–Kier alpha value is -2.60. The second kappa shape index (κ2) is 6.44. The Morgan fingerprint density at radius 1 is 1.23 bits per heavy atom. The maximum atomic E-state index is 11.9. The molecule has 22 heavy (non-hydrogen) atoms. The molecule has 1 amide bonds. The summed E-state index contributed by atoms with van der Waals surface area (Å²) in [7, 11) is 0. The minimum Gasteiger partial charge on any atom is -0.478 e. The number of nitrogens with one attached hydrogen (secondary N) is 1. The predicted octanol–water partition coefficient (Wildman–Crippen LogP) is 1.54. The first-order chi connectivity index (χ1) is 10.4. The zero-order valence-electron chi connectivity index (χ0n) is 12.1. The number of benzene rings is 1. The highest BCUT2D eigenvalue weighted by Crippen LogP contribution is 2.19. The Morgan fingerprint density at radius 3 is 2.45 bits per heavy atom. The summed E-state index contributed by atoms with van der Waals surface area (Å²) in [6.07, 6.45) is 1.56. The van der Waals surface area contributed by atoms with Gasteiger partial charge in [-0.3, -0.25) is 4.79 Å². The van der Waals surface area contributed by atoms with Gasteiger partial charge in [-0.2, -0.15) is 0 Å². The van der Waals surface area contributed by atoms with Crippen LogP contribution in [0.5, 0.6) is 0 Å². The molecular formula is C16H17NO5. The van der Waals surface area contributed by atoms with Crippen molar-refractivity contribution in [1.29, 1.82) is 0 Å². The van der Waals surface area contributed by atoms with Crippen LogP contribution in [-0.2, 0) is 16.8 Å². The Kier molecular flexibility index (Phi) is 4.62. The van der Waals surface area contributed by atoms with Crippen molar-refractivity contribution >= 4 is 11.9 Å². The predicted molar refractivity (Wildman–Crippen MR) is 78.4 cm³/mol. The van der Waals surface area contributed by atoms with Gasteiger partial charge in [-0.25, -0.2) is 4.79 Å². The third-order valence-electron chi connectivity index (χ3n) is 3.25. The Bertz CT molecular complexity index is 644. The molecule has 0 saturated carbocycles. The maximum Gasteiger partial charge on any atom is 0.335 e. The lowest BCUT2D eigenvalue weighted by molar-refractivity contribution is -0.121. The van der Waals surface area contributed by atoms with Gasteiger partial charge in [-0.15, -0.1) is 0 Å². The van der Waals surface area contributed by atoms with Crippen molar-refractivity contribution in [2.24, 2.45) is 0 Å². The highest BCUT2D eigenvalue weighted by atomic mass is 16.4. The highest BCUT2D eigenvalue weighted by molar-refractivity contribution is 5.87. The largest absolute Gasteiger partial charge is 0.478 e. The lowest BCUT2D eigenvalue weighted by atomic mass is 10.0. The maximum absolute atomic E-state index is 11.9. The molecule has 1 unspecified atom stereocenters. The van der Waals surface area contributed by atoms with Crippen LogP contribution in [0.2, 0.25) is 0 Å². The van der Waals surface area contributed by atoms with E-state index in [4.69, 9.17) is 9.52 Å². The molecule has 0 radical (unpaired) electrons. The highest BCUT2D eigenvalue weighted by Gasteiger charge is 2.26. The number of aliphatic hydroxyl groups is 1. The van der Waals surface area contributed by atoms with Crippen LogP contribution < -0.4 is 5.32 Å². The van der Waals surface area contributed by atoms with Crippen molar-refractivity contribution < 1.29 is 24.2 Å². The molecule has 0 aliphatic carbocycles. The monoisotopic (exact) mass is 303 g/mol. The number of hydrogen-bond donors (Lipinski definition) is 3. The summed E-state index contributed by atoms with van der Waals surface area (Å²) in [6, 6.07) is 9.38. The second-order valence-electron chi connectivity index (χ2n) is 5.21. The molecule has 0 spiro atoms. The van der Waals surface area contributed by atoms with Gasteiger partial charge in [0.15, 0.2) is 0 Å². The van der Waals surface area contributed by atoms with Gasteiger partial charge < -0.3 is 19.9 Å². The fourth-order valence-corrected chi connectivity index (χ4v) is 1.96. The number of hydrogen-bond acceptors (Lipinski definition) is 4. The molecule has 0 bridgehead atoms. The van der Waals surface area contributed by atoms with Crippen LogP contribution in [0.3, 0.4) is 0 Å². The van der Waals surface area contributed by atoms with E-state index in [1.54, 1.807) is 31.2 Å². The van der Waals surface area contributed by atoms with E-state index in [0.717, 1.165) is 0 Å². The van der Waals surface area contributed by atoms with Gasteiger partial charge in [-0.1, -0.05) is 12.1 Å². The van der Waals surface area contributed by atoms with Crippen molar-refractivity contribution in [2.45, 2.75) is 18.9 Å². The van der Waals surface area contributed by atoms with E-state index in [1.807, 2.05) is 0 Å². The van der Waals surface area contributed by atoms with Crippen LogP contribution in [0.25, 0.3) is 0 Å². The molecule has 2 aromatic rings. The van der Waals surface area contributed by atoms with Crippen molar-refractivity contribution in [3.63, 3.8) is 0 Å². The molecule has 0 saturated heterocycles. The summed E-state index contributed by atoms with van der Waals surface area (Å²) in [5, 5.41) is 21.7. The molecule has 1 aromatic heterocycles. The molecule has 1 atom stereocenters. The fraction of sp³-hybridized carbons (Fsp3) is 0.250. The normalized spacial score (nSPS) is 13.4. The topological polar surface area (TPSA) is 99.8 Å². The van der Waals surface area contributed by atoms with Crippen LogP contribution in [0.15, 0.2) is 47.1 Å². The van der Waals surface area contributed by atoms with Crippen molar-refractivity contribution in [1.82, 2.24) is 5.32 Å². The van der Waals surface area contributed by atoms with Gasteiger partial charge in [0.2, 0.25) is 5.91 Å². The number of carboxylic acids is 1. The molecule has 3 N–H and O–H groups in total. The number of carbonyl (C=O) groups excluding carboxylic acids is 1. The van der Waals surface area contributed by atoms with Crippen LogP contribution in [0, 0.1) is 0 Å². The van der Waals surface area contributed by atoms with Gasteiger partial charge >= 0.3 is 5.97 Å². The van der Waals surface area contributed by atoms with E-state index >= 15 is 0 Å². The van der Waals surface area contributed by atoms with Gasteiger partial charge in [0.05, 0.1) is 24.8 Å². The third kappa shape index (κ3) is 3.95. The molecule has 2 rings (SSSR count). The minimum atomic E-state index is -1.29. The van der Waals surface area contributed by atoms with Crippen LogP contribution >= 0.6 is 0 Å². The molecule has 0 aliphatic rings. The van der Waals surface area contributed by atoms with Crippen LogP contribution in [0.4, 0.5) is 0 Å². The number of carboxylic acid groups (broad SMARTS) is 1. The second-order valence-corrected chi connectivity index (χ2v) is 5.21. The average Bonchev–Trinajstić information content (AvgIpc) is 3.01. The number of furan rings is 1. The third-order valence-corrected chi connectivity index (χ3v) is 3.25. The smallest absolute Gasteiger partial charge is 0.335 e. The number of carbonyl (C=O) groups is 2. The van der Waals surface area contributed by atoms with E-state index in [9.17, 15) is 14.7 Å². The van der Waals surface area contributed by atoms with Gasteiger partial charge in [-0.05, 0) is 36.8 Å². The summed E-state index contributed by atoms with van der Waals surface area (Å²) in [5.41, 5.74) is -0.420. The Labute approximate surface area is 127 Å². The standard InChI is InChI=1S/C16H17NO5/c1-16(21,13-3-2-8-22-13)10-17-14(18)9-11-4-6-12(7-5-11)15(19)20/h2-8,21H,9-10H2,1H3,(H,17,18)(H,19,20). The zero-order chi connectivity index (χ0) is 16.2. The molecule has 0 aliphatic heterocycles. The fourth-order valence-electron chi connectivity index (χ4n) is 1.96. The quantitative estimate of drug-likeness (QED) is 0.751. The summed E-state index contributed by atoms with van der Waals surface area (Å²) in [5.74, 6) is -0.904. The summed E-state index contributed by atoms with van der Waals surface area (Å²) in [6.45, 7) is 1.57. The van der Waals surface area contributed by atoms with Crippen LogP contribution in [-0.4, -0.2) is 28.6 Å². The zero-order valence-corrected chi connectivity index (χ0v) is 12.1. The van der Waals surface area contributed by atoms with E-state index in [2.05, 4.69) is 5.32 Å². The van der Waals surface area contributed by atoms with E-state index < -0.39 is 11.6 Å². The first kappa shape index (κ1) is 15.8. The van der Waals surface area contributed by atoms with Gasteiger partial charge in [0.1, 0.15) is 11.4 Å². The van der Waals surface area contributed by atoms with Gasteiger partial charge in [0, 0.05) is 0 Å². The molecule has 0 fully saturated rings. The summed E-state index contributed by atoms with van der Waals surface area (Å²) in [4.78, 5) is 22.6. The van der Waals surface area contributed by atoms with Crippen molar-refractivity contribution in [3.05, 3.63) is 59.5 Å². The molecule has 6 heteroatoms. The van der Waals surface area contributed by atoms with Crippen molar-refractivity contribution in [2.75, 3.05) is 6.54 Å². The van der Waals surface area contributed by atoms with E-state index in [0.29, 0.717) is 11.3 Å². The lowest BCUT2D eigenvalue weighted by Crippen LogP contribution is -2.39. The summed E-state index contributed by atoms with van der Waals surface area (Å²) >= 11 is 0. The first-order valence-electron chi connectivity index (χ1n) is 6.74. The number of amides is 1. The minimum absolute atomic E-state index is 0.0204. The van der Waals surface area contributed by atoms with Gasteiger partial charge in [0.25, 0.3) is 0 Å². The molecule has 6 nitrogen and oxygen atoms in total. The first-order valence-corrected chi connectivity index (χ1v) is 6.74. The lowest BCUT2D eigenvalue weighted by Gasteiger charge is -2.21.